The fraction of sp³-hybridized carbons (Fsp3) is 0.0164. The van der Waals surface area contributed by atoms with Crippen LogP contribution in [0.2, 0.25) is 0 Å². The van der Waals surface area contributed by atoms with Crippen molar-refractivity contribution in [3.8, 4) is 66.8 Å². The second kappa shape index (κ2) is 30.7. The molecule has 0 bridgehead atoms. The number of hydrogen-bond donors (Lipinski definition) is 0. The van der Waals surface area contributed by atoms with Crippen molar-refractivity contribution in [3.63, 3.8) is 0 Å². The van der Waals surface area contributed by atoms with Crippen molar-refractivity contribution in [1.29, 1.82) is 0 Å². The van der Waals surface area contributed by atoms with Crippen LogP contribution in [0.3, 0.4) is 0 Å². The van der Waals surface area contributed by atoms with E-state index in [1.165, 1.54) is 161 Å². The van der Waals surface area contributed by atoms with Crippen LogP contribution in [0.25, 0.3) is 149 Å². The monoisotopic (exact) mass is 1680 g/mol. The van der Waals surface area contributed by atoms with E-state index in [0.29, 0.717) is 0 Å². The van der Waals surface area contributed by atoms with Gasteiger partial charge in [0, 0.05) is 105 Å². The summed E-state index contributed by atoms with van der Waals surface area (Å²) in [5.41, 5.74) is 32.5. The standard InChI is InChI=1S/C61H39NOS.C61H39NS2/c1-2-12-44(13-3-1)61(55-18-8-4-14-49(55)50-15-5-9-19-56(50)61)45-28-34-48(35-29-45)62(46-30-22-40(23-31-46)42-26-36-58-53(38-42)51-16-6-10-20-57(51)63-58)47-32-24-41(25-33-47)43-27-37-60-54(39-43)52-17-7-11-21-59(52)64-60;1-2-12-44(13-3-1)61(55-18-8-4-14-49(55)50-15-5-9-19-56(50)61)45-28-34-48(35-29-45)62(46-30-22-40(23-31-46)42-26-36-59-53(38-42)51-16-6-10-20-57(51)63-59)47-32-24-41(25-33-47)43-27-37-60-54(39-43)52-17-7-11-21-58(52)64-60/h2*1-39H. The van der Waals surface area contributed by atoms with Gasteiger partial charge in [-0.2, -0.15) is 0 Å². The Morgan fingerprint density at radius 2 is 0.398 bits per heavy atom. The average Bonchev–Trinajstić information content (AvgIpc) is 1.54. The first kappa shape index (κ1) is 75.0. The first-order valence-corrected chi connectivity index (χ1v) is 46.2. The van der Waals surface area contributed by atoms with Crippen molar-refractivity contribution in [1.82, 2.24) is 0 Å². The van der Waals surface area contributed by atoms with Crippen LogP contribution in [0.1, 0.15) is 44.5 Å². The van der Waals surface area contributed by atoms with E-state index in [4.69, 9.17) is 4.42 Å². The summed E-state index contributed by atoms with van der Waals surface area (Å²) in [6, 6.07) is 174. The number of rotatable bonds is 14. The van der Waals surface area contributed by atoms with Gasteiger partial charge in [-0.05, 0) is 257 Å². The maximum absolute atomic E-state index is 6.16. The number of hydrogen-bond acceptors (Lipinski definition) is 6. The third kappa shape index (κ3) is 12.3. The van der Waals surface area contributed by atoms with Crippen LogP contribution in [0.5, 0.6) is 0 Å². The van der Waals surface area contributed by atoms with Gasteiger partial charge in [-0.25, -0.2) is 0 Å². The topological polar surface area (TPSA) is 19.6 Å². The summed E-state index contributed by atoms with van der Waals surface area (Å²) in [7, 11) is 0. The summed E-state index contributed by atoms with van der Waals surface area (Å²) in [6.07, 6.45) is 0. The Balaban J connectivity index is 0.000000139. The predicted octanol–water partition coefficient (Wildman–Crippen LogP) is 34.7. The van der Waals surface area contributed by atoms with Crippen molar-refractivity contribution < 1.29 is 4.42 Å². The van der Waals surface area contributed by atoms with Gasteiger partial charge in [0.05, 0.1) is 10.8 Å². The van der Waals surface area contributed by atoms with Gasteiger partial charge < -0.3 is 14.2 Å². The fourth-order valence-electron chi connectivity index (χ4n) is 20.9. The highest BCUT2D eigenvalue weighted by atomic mass is 32.1. The third-order valence-corrected chi connectivity index (χ3v) is 30.2. The lowest BCUT2D eigenvalue weighted by molar-refractivity contribution is 0.669. The van der Waals surface area contributed by atoms with E-state index in [1.54, 1.807) is 0 Å². The number of nitrogens with zero attached hydrogens (tertiary/aromatic N) is 2. The molecule has 0 aliphatic heterocycles. The molecule has 0 amide bonds. The fourth-order valence-corrected chi connectivity index (χ4v) is 24.1. The molecular formula is C122H78N2OS3. The van der Waals surface area contributed by atoms with E-state index in [9.17, 15) is 0 Å². The second-order valence-corrected chi connectivity index (χ2v) is 36.9. The van der Waals surface area contributed by atoms with Crippen molar-refractivity contribution >= 4 is 151 Å². The minimum atomic E-state index is -0.461. The van der Waals surface area contributed by atoms with E-state index in [2.05, 4.69) is 471 Å². The minimum absolute atomic E-state index is 0.454. The molecule has 0 atom stereocenters. The molecule has 6 heteroatoms. The SMILES string of the molecule is c1ccc(C2(c3ccc(N(c4ccc(-c5ccc6oc7ccccc7c6c5)cc4)c4ccc(-c5ccc6sc7ccccc7c6c5)cc4)cc3)c3ccccc3-c3ccccc32)cc1.c1ccc(C2(c3ccc(N(c4ccc(-c5ccc6sc7ccccc7c6c5)cc4)c4ccc(-c5ccc6sc7ccccc7c6c5)cc4)cc3)c3ccccc3-c3ccccc32)cc1. The lowest BCUT2D eigenvalue weighted by atomic mass is 9.68. The zero-order valence-corrected chi connectivity index (χ0v) is 72.0. The van der Waals surface area contributed by atoms with E-state index >= 15 is 0 Å². The molecule has 0 unspecified atom stereocenters. The van der Waals surface area contributed by atoms with E-state index in [1.807, 2.05) is 46.1 Å². The molecule has 0 fully saturated rings. The molecule has 0 spiro atoms. The van der Waals surface area contributed by atoms with Gasteiger partial charge in [-0.1, -0.05) is 328 Å². The summed E-state index contributed by atoms with van der Waals surface area (Å²) in [5, 5.41) is 10.2. The summed E-state index contributed by atoms with van der Waals surface area (Å²) in [5.74, 6) is 0. The Bertz CT molecular complexity index is 7510. The quantitative estimate of drug-likeness (QED) is 0.108. The Morgan fingerprint density at radius 3 is 0.734 bits per heavy atom. The van der Waals surface area contributed by atoms with Crippen molar-refractivity contribution in [2.75, 3.05) is 9.80 Å². The van der Waals surface area contributed by atoms with Crippen LogP contribution in [-0.2, 0) is 10.8 Å². The molecule has 0 N–H and O–H groups in total. The summed E-state index contributed by atoms with van der Waals surface area (Å²) < 4.78 is 14.1. The molecule has 128 heavy (non-hydrogen) atoms. The number of anilines is 6. The highest BCUT2D eigenvalue weighted by molar-refractivity contribution is 7.26. The van der Waals surface area contributed by atoms with Crippen molar-refractivity contribution in [2.24, 2.45) is 0 Å². The summed E-state index contributed by atoms with van der Waals surface area (Å²) in [6.45, 7) is 0. The molecule has 2 aliphatic rings. The first-order valence-electron chi connectivity index (χ1n) is 43.8. The zero-order chi connectivity index (χ0) is 84.4. The molecule has 0 radical (unpaired) electrons. The molecule has 26 rings (SSSR count). The molecule has 0 saturated carbocycles. The van der Waals surface area contributed by atoms with Gasteiger partial charge >= 0.3 is 0 Å². The first-order chi connectivity index (χ1) is 63.4. The van der Waals surface area contributed by atoms with Gasteiger partial charge in [-0.15, -0.1) is 34.0 Å². The van der Waals surface area contributed by atoms with E-state index in [0.717, 1.165) is 67.2 Å². The normalized spacial score (nSPS) is 12.8. The number of fused-ring (bicyclic) bond motifs is 18. The molecule has 2 aliphatic carbocycles. The lowest BCUT2D eigenvalue weighted by Crippen LogP contribution is -2.28. The van der Waals surface area contributed by atoms with Crippen molar-refractivity contribution in [2.45, 2.75) is 10.8 Å². The van der Waals surface area contributed by atoms with Crippen LogP contribution in [0.15, 0.2) is 478 Å². The molecule has 3 nitrogen and oxygen atoms in total. The van der Waals surface area contributed by atoms with Crippen LogP contribution in [0, 0.1) is 0 Å². The van der Waals surface area contributed by atoms with Crippen molar-refractivity contribution in [3.05, 3.63) is 518 Å². The largest absolute Gasteiger partial charge is 0.456 e. The number of para-hydroxylation sites is 1. The molecule has 0 saturated heterocycles. The van der Waals surface area contributed by atoms with Crippen LogP contribution in [-0.4, -0.2) is 0 Å². The number of thiophene rings is 3. The van der Waals surface area contributed by atoms with Gasteiger partial charge in [0.15, 0.2) is 0 Å². The predicted molar refractivity (Wildman–Crippen MR) is 545 cm³/mol. The van der Waals surface area contributed by atoms with E-state index in [-0.39, 0.29) is 0 Å². The molecule has 4 aromatic heterocycles. The van der Waals surface area contributed by atoms with Crippen LogP contribution < -0.4 is 9.80 Å². The maximum Gasteiger partial charge on any atom is 0.135 e. The molecular weight excluding hydrogens is 1610 g/mol. The third-order valence-electron chi connectivity index (χ3n) is 26.8. The van der Waals surface area contributed by atoms with Crippen LogP contribution >= 0.6 is 34.0 Å². The summed E-state index contributed by atoms with van der Waals surface area (Å²) in [4.78, 5) is 4.78. The highest BCUT2D eigenvalue weighted by Crippen LogP contribution is 2.59. The smallest absolute Gasteiger partial charge is 0.135 e. The van der Waals surface area contributed by atoms with Gasteiger partial charge in [0.1, 0.15) is 11.2 Å². The van der Waals surface area contributed by atoms with Gasteiger partial charge in [-0.3, -0.25) is 0 Å². The second-order valence-electron chi connectivity index (χ2n) is 33.6. The Kier molecular flexibility index (Phi) is 18.0. The van der Waals surface area contributed by atoms with E-state index < -0.39 is 10.8 Å². The highest BCUT2D eigenvalue weighted by Gasteiger charge is 2.48. The Labute approximate surface area is 754 Å². The molecule has 4 heterocycles. The molecule has 24 aromatic rings. The lowest BCUT2D eigenvalue weighted by Gasteiger charge is -2.34. The number of furan rings is 1. The average molecular weight is 1680 g/mol. The molecule has 20 aromatic carbocycles. The minimum Gasteiger partial charge on any atom is -0.456 e. The molecule has 600 valence electrons. The number of benzene rings is 20. The van der Waals surface area contributed by atoms with Gasteiger partial charge in [0.25, 0.3) is 0 Å². The maximum atomic E-state index is 6.16. The Hall–Kier alpha value is -15.5. The Morgan fingerprint density at radius 1 is 0.164 bits per heavy atom. The van der Waals surface area contributed by atoms with Gasteiger partial charge in [0.2, 0.25) is 0 Å². The summed E-state index contributed by atoms with van der Waals surface area (Å²) >= 11 is 5.58. The zero-order valence-electron chi connectivity index (χ0n) is 69.6. The van der Waals surface area contributed by atoms with Crippen LogP contribution in [0.4, 0.5) is 34.1 Å².